The molecular weight excluding hydrogens is 564 g/mol. The first kappa shape index (κ1) is 29.5. The monoisotopic (exact) mass is 591 g/mol. The number of nitrogens with zero attached hydrogens (tertiary/aromatic N) is 2. The lowest BCUT2D eigenvalue weighted by atomic mass is 9.95. The number of anilines is 1. The molecule has 0 spiro atoms. The molecule has 1 atom stereocenters. The minimum atomic E-state index is -3.97. The Morgan fingerprint density at radius 3 is 2.32 bits per heavy atom. The lowest BCUT2D eigenvalue weighted by molar-refractivity contribution is -0.139. The van der Waals surface area contributed by atoms with Crippen LogP contribution in [0.4, 0.5) is 10.1 Å². The van der Waals surface area contributed by atoms with Gasteiger partial charge in [-0.2, -0.15) is 0 Å². The van der Waals surface area contributed by atoms with Crippen molar-refractivity contribution in [1.29, 1.82) is 0 Å². The Hall–Kier alpha value is -2.07. The number of rotatable bonds is 9. The molecule has 0 aromatic heterocycles. The maximum absolute atomic E-state index is 13.7. The van der Waals surface area contributed by atoms with Gasteiger partial charge >= 0.3 is 0 Å². The zero-order chi connectivity index (χ0) is 27.3. The van der Waals surface area contributed by atoms with Crippen molar-refractivity contribution in [2.24, 2.45) is 0 Å². The fourth-order valence-electron chi connectivity index (χ4n) is 4.24. The molecule has 7 nitrogen and oxygen atoms in total. The van der Waals surface area contributed by atoms with Crippen LogP contribution in [0, 0.1) is 5.82 Å². The van der Waals surface area contributed by atoms with E-state index in [2.05, 4.69) is 5.32 Å². The molecule has 2 amide bonds. The summed E-state index contributed by atoms with van der Waals surface area (Å²) in [5.74, 6) is -1.72. The van der Waals surface area contributed by atoms with E-state index in [1.807, 2.05) is 0 Å². The van der Waals surface area contributed by atoms with Gasteiger partial charge in [-0.3, -0.25) is 13.9 Å². The van der Waals surface area contributed by atoms with Gasteiger partial charge in [0.15, 0.2) is 0 Å². The SMILES string of the molecule is C[C@@H](C(=O)NC1CCCCC1)N(Cc1ccc(Cl)cc1Cl)C(=O)CN(c1ccc(F)c(Cl)c1)S(C)(=O)=O. The molecule has 37 heavy (non-hydrogen) atoms. The summed E-state index contributed by atoms with van der Waals surface area (Å²) in [6.07, 6.45) is 5.82. The number of carbonyl (C=O) groups excluding carboxylic acids is 2. The molecule has 1 aliphatic carbocycles. The minimum absolute atomic E-state index is 0.0195. The van der Waals surface area contributed by atoms with Crippen LogP contribution in [-0.2, 0) is 26.2 Å². The van der Waals surface area contributed by atoms with E-state index in [0.29, 0.717) is 15.6 Å². The van der Waals surface area contributed by atoms with Gasteiger partial charge in [-0.15, -0.1) is 0 Å². The predicted molar refractivity (Wildman–Crippen MR) is 145 cm³/mol. The van der Waals surface area contributed by atoms with Crippen molar-refractivity contribution in [2.75, 3.05) is 17.1 Å². The van der Waals surface area contributed by atoms with E-state index < -0.39 is 34.3 Å². The van der Waals surface area contributed by atoms with Crippen LogP contribution in [0.1, 0.15) is 44.6 Å². The average molecular weight is 593 g/mol. The van der Waals surface area contributed by atoms with Crippen LogP contribution in [0.3, 0.4) is 0 Å². The van der Waals surface area contributed by atoms with E-state index in [-0.39, 0.29) is 29.2 Å². The van der Waals surface area contributed by atoms with Crippen LogP contribution >= 0.6 is 34.8 Å². The Morgan fingerprint density at radius 1 is 1.05 bits per heavy atom. The highest BCUT2D eigenvalue weighted by Gasteiger charge is 2.31. The van der Waals surface area contributed by atoms with Crippen molar-refractivity contribution >= 4 is 62.3 Å². The summed E-state index contributed by atoms with van der Waals surface area (Å²) >= 11 is 18.2. The number of benzene rings is 2. The quantitative estimate of drug-likeness (QED) is 0.421. The molecule has 0 unspecified atom stereocenters. The molecule has 0 bridgehead atoms. The lowest BCUT2D eigenvalue weighted by Gasteiger charge is -2.33. The molecule has 0 aliphatic heterocycles. The Balaban J connectivity index is 1.91. The van der Waals surface area contributed by atoms with Gasteiger partial charge in [0.05, 0.1) is 17.0 Å². The maximum atomic E-state index is 13.7. The molecule has 202 valence electrons. The van der Waals surface area contributed by atoms with E-state index in [1.165, 1.54) is 17.0 Å². The summed E-state index contributed by atoms with van der Waals surface area (Å²) in [4.78, 5) is 28.1. The van der Waals surface area contributed by atoms with Crippen LogP contribution in [0.2, 0.25) is 15.1 Å². The number of sulfonamides is 1. The number of hydrogen-bond donors (Lipinski definition) is 1. The summed E-state index contributed by atoms with van der Waals surface area (Å²) in [7, 11) is -3.97. The van der Waals surface area contributed by atoms with Crippen molar-refractivity contribution in [1.82, 2.24) is 10.2 Å². The molecular formula is C25H29Cl3FN3O4S. The highest BCUT2D eigenvalue weighted by Crippen LogP contribution is 2.27. The lowest BCUT2D eigenvalue weighted by Crippen LogP contribution is -2.53. The van der Waals surface area contributed by atoms with Crippen molar-refractivity contribution in [2.45, 2.75) is 57.7 Å². The highest BCUT2D eigenvalue weighted by atomic mass is 35.5. The maximum Gasteiger partial charge on any atom is 0.244 e. The topological polar surface area (TPSA) is 86.8 Å². The second-order valence-electron chi connectivity index (χ2n) is 9.14. The first-order valence-corrected chi connectivity index (χ1v) is 14.8. The first-order valence-electron chi connectivity index (χ1n) is 11.8. The molecule has 3 rings (SSSR count). The van der Waals surface area contributed by atoms with E-state index in [4.69, 9.17) is 34.8 Å². The average Bonchev–Trinajstić information content (AvgIpc) is 2.83. The number of carbonyl (C=O) groups is 2. The highest BCUT2D eigenvalue weighted by molar-refractivity contribution is 7.92. The van der Waals surface area contributed by atoms with E-state index in [1.54, 1.807) is 19.1 Å². The van der Waals surface area contributed by atoms with Gasteiger partial charge < -0.3 is 10.2 Å². The third kappa shape index (κ3) is 7.96. The summed E-state index contributed by atoms with van der Waals surface area (Å²) < 4.78 is 39.7. The van der Waals surface area contributed by atoms with E-state index >= 15 is 0 Å². The van der Waals surface area contributed by atoms with Crippen molar-refractivity contribution in [3.05, 3.63) is 62.8 Å². The van der Waals surface area contributed by atoms with Crippen LogP contribution < -0.4 is 9.62 Å². The van der Waals surface area contributed by atoms with E-state index in [0.717, 1.165) is 54.8 Å². The molecule has 1 aliphatic rings. The smallest absolute Gasteiger partial charge is 0.244 e. The van der Waals surface area contributed by atoms with Gasteiger partial charge in [0, 0.05) is 22.6 Å². The number of hydrogen-bond acceptors (Lipinski definition) is 4. The summed E-state index contributed by atoms with van der Waals surface area (Å²) in [5.41, 5.74) is 0.554. The number of halogens is 4. The molecule has 12 heteroatoms. The Labute approximate surface area is 231 Å². The first-order chi connectivity index (χ1) is 17.4. The molecule has 1 fully saturated rings. The fraction of sp³-hybridized carbons (Fsp3) is 0.440. The summed E-state index contributed by atoms with van der Waals surface area (Å²) in [6.45, 7) is 0.891. The zero-order valence-electron chi connectivity index (χ0n) is 20.5. The third-order valence-electron chi connectivity index (χ3n) is 6.35. The van der Waals surface area contributed by atoms with Crippen LogP contribution in [-0.4, -0.2) is 50.0 Å². The van der Waals surface area contributed by atoms with Crippen molar-refractivity contribution in [3.63, 3.8) is 0 Å². The van der Waals surface area contributed by atoms with Crippen molar-refractivity contribution < 1.29 is 22.4 Å². The van der Waals surface area contributed by atoms with Gasteiger partial charge in [-0.1, -0.05) is 60.1 Å². The number of amides is 2. The van der Waals surface area contributed by atoms with Crippen molar-refractivity contribution in [3.8, 4) is 0 Å². The van der Waals surface area contributed by atoms with Gasteiger partial charge in [0.1, 0.15) is 18.4 Å². The van der Waals surface area contributed by atoms with Crippen LogP contribution in [0.15, 0.2) is 36.4 Å². The van der Waals surface area contributed by atoms with Gasteiger partial charge in [-0.25, -0.2) is 12.8 Å². The van der Waals surface area contributed by atoms with Crippen LogP contribution in [0.25, 0.3) is 0 Å². The second kappa shape index (κ2) is 12.7. The molecule has 2 aromatic carbocycles. The molecule has 0 saturated heterocycles. The third-order valence-corrected chi connectivity index (χ3v) is 8.36. The van der Waals surface area contributed by atoms with Crippen LogP contribution in [0.5, 0.6) is 0 Å². The van der Waals surface area contributed by atoms with Gasteiger partial charge in [0.25, 0.3) is 0 Å². The minimum Gasteiger partial charge on any atom is -0.352 e. The van der Waals surface area contributed by atoms with E-state index in [9.17, 15) is 22.4 Å². The van der Waals surface area contributed by atoms with Gasteiger partial charge in [0.2, 0.25) is 21.8 Å². The Kier molecular flexibility index (Phi) is 10.1. The predicted octanol–water partition coefficient (Wildman–Crippen LogP) is 5.42. The summed E-state index contributed by atoms with van der Waals surface area (Å²) in [5, 5.41) is 3.44. The molecule has 0 radical (unpaired) electrons. The normalized spacial score (nSPS) is 15.2. The summed E-state index contributed by atoms with van der Waals surface area (Å²) in [6, 6.07) is 7.24. The fourth-order valence-corrected chi connectivity index (χ4v) is 5.72. The zero-order valence-corrected chi connectivity index (χ0v) is 23.6. The number of nitrogens with one attached hydrogen (secondary N) is 1. The Morgan fingerprint density at radius 2 is 1.73 bits per heavy atom. The molecule has 1 saturated carbocycles. The Bertz CT molecular complexity index is 1260. The molecule has 1 N–H and O–H groups in total. The molecule has 2 aromatic rings. The molecule has 0 heterocycles. The largest absolute Gasteiger partial charge is 0.352 e. The second-order valence-corrected chi connectivity index (χ2v) is 12.3. The van der Waals surface area contributed by atoms with Gasteiger partial charge in [-0.05, 0) is 55.7 Å². The standard InChI is InChI=1S/C25H29Cl3FN3O4S/c1-16(25(34)30-19-6-4-3-5-7-19)31(14-17-8-9-18(26)12-21(17)27)24(33)15-32(37(2,35)36)20-10-11-23(29)22(28)13-20/h8-13,16,19H,3-7,14-15H2,1-2H3,(H,30,34)/t16-/m0/s1.